The van der Waals surface area contributed by atoms with Crippen molar-refractivity contribution in [1.29, 1.82) is 0 Å². The molecule has 0 aliphatic carbocycles. The second kappa shape index (κ2) is 9.45. The van der Waals surface area contributed by atoms with Crippen LogP contribution in [0.15, 0.2) is 71.3 Å². The van der Waals surface area contributed by atoms with Crippen molar-refractivity contribution in [2.75, 3.05) is 30.8 Å². The number of furan rings is 1. The van der Waals surface area contributed by atoms with E-state index in [1.165, 1.54) is 11.2 Å². The number of likely N-dealkylation sites (N-methyl/N-ethyl adjacent to an activating group) is 1. The van der Waals surface area contributed by atoms with E-state index in [1.54, 1.807) is 43.4 Å². The molecule has 29 heavy (non-hydrogen) atoms. The monoisotopic (exact) mass is 393 g/mol. The Morgan fingerprint density at radius 2 is 1.76 bits per heavy atom. The summed E-state index contributed by atoms with van der Waals surface area (Å²) in [6.07, 6.45) is 1.43. The van der Waals surface area contributed by atoms with E-state index < -0.39 is 0 Å². The number of rotatable bonds is 7. The molecule has 0 radical (unpaired) electrons. The molecule has 2 N–H and O–H groups in total. The van der Waals surface area contributed by atoms with Crippen molar-refractivity contribution in [3.05, 3.63) is 78.3 Å². The van der Waals surface area contributed by atoms with Gasteiger partial charge in [0.25, 0.3) is 5.91 Å². The van der Waals surface area contributed by atoms with Gasteiger partial charge in [-0.2, -0.15) is 0 Å². The molecule has 0 fully saturated rings. The number of nitrogens with one attached hydrogen (secondary N) is 2. The molecule has 3 rings (SSSR count). The fourth-order valence-corrected chi connectivity index (χ4v) is 2.61. The molecule has 0 aliphatic heterocycles. The van der Waals surface area contributed by atoms with Gasteiger partial charge in [0.05, 0.1) is 12.8 Å². The highest BCUT2D eigenvalue weighted by Crippen LogP contribution is 2.17. The van der Waals surface area contributed by atoms with Crippen LogP contribution in [0.3, 0.4) is 0 Å². The van der Waals surface area contributed by atoms with E-state index in [2.05, 4.69) is 10.6 Å². The predicted octanol–water partition coefficient (Wildman–Crippen LogP) is 4.38. The highest BCUT2D eigenvalue weighted by Gasteiger charge is 2.11. The Kier molecular flexibility index (Phi) is 6.52. The van der Waals surface area contributed by atoms with E-state index in [0.29, 0.717) is 24.5 Å². The SMILES string of the molecule is Cc1ccccc1OCCN(C)C(=O)Nc1cccc(NC(=O)c2ccco2)c1. The Bertz CT molecular complexity index is 970. The molecular weight excluding hydrogens is 370 g/mol. The first kappa shape index (κ1) is 20.0. The molecule has 0 saturated heterocycles. The van der Waals surface area contributed by atoms with Crippen molar-refractivity contribution in [2.24, 2.45) is 0 Å². The van der Waals surface area contributed by atoms with Crippen molar-refractivity contribution in [3.63, 3.8) is 0 Å². The van der Waals surface area contributed by atoms with Crippen LogP contribution in [0.4, 0.5) is 16.2 Å². The number of para-hydroxylation sites is 1. The number of hydrogen-bond donors (Lipinski definition) is 2. The maximum absolute atomic E-state index is 12.4. The van der Waals surface area contributed by atoms with Gasteiger partial charge in [-0.05, 0) is 48.9 Å². The number of carbonyl (C=O) groups is 2. The molecular formula is C22H23N3O4. The summed E-state index contributed by atoms with van der Waals surface area (Å²) in [6, 6.07) is 17.6. The highest BCUT2D eigenvalue weighted by atomic mass is 16.5. The molecule has 7 nitrogen and oxygen atoms in total. The molecule has 3 amide bonds. The van der Waals surface area contributed by atoms with Crippen molar-refractivity contribution < 1.29 is 18.7 Å². The minimum Gasteiger partial charge on any atom is -0.491 e. The predicted molar refractivity (Wildman–Crippen MR) is 111 cm³/mol. The number of carbonyl (C=O) groups excluding carboxylic acids is 2. The molecule has 0 spiro atoms. The third kappa shape index (κ3) is 5.62. The summed E-state index contributed by atoms with van der Waals surface area (Å²) in [7, 11) is 1.69. The lowest BCUT2D eigenvalue weighted by Crippen LogP contribution is -2.34. The zero-order chi connectivity index (χ0) is 20.6. The number of anilines is 2. The number of amides is 3. The van der Waals surface area contributed by atoms with Gasteiger partial charge in [0.15, 0.2) is 5.76 Å². The van der Waals surface area contributed by atoms with E-state index in [9.17, 15) is 9.59 Å². The van der Waals surface area contributed by atoms with Gasteiger partial charge >= 0.3 is 6.03 Å². The second-order valence-corrected chi connectivity index (χ2v) is 6.48. The molecule has 3 aromatic rings. The minimum atomic E-state index is -0.357. The van der Waals surface area contributed by atoms with Crippen LogP contribution in [0.25, 0.3) is 0 Å². The molecule has 0 atom stereocenters. The quantitative estimate of drug-likeness (QED) is 0.624. The Labute approximate surface area is 169 Å². The smallest absolute Gasteiger partial charge is 0.321 e. The van der Waals surface area contributed by atoms with Gasteiger partial charge in [-0.3, -0.25) is 4.79 Å². The summed E-state index contributed by atoms with van der Waals surface area (Å²) in [4.78, 5) is 26.0. The van der Waals surface area contributed by atoms with Gasteiger partial charge in [-0.25, -0.2) is 4.79 Å². The second-order valence-electron chi connectivity index (χ2n) is 6.48. The van der Waals surface area contributed by atoms with Crippen molar-refractivity contribution in [2.45, 2.75) is 6.92 Å². The molecule has 7 heteroatoms. The molecule has 0 saturated carbocycles. The highest BCUT2D eigenvalue weighted by molar-refractivity contribution is 6.02. The van der Waals surface area contributed by atoms with Gasteiger partial charge < -0.3 is 24.7 Å². The van der Waals surface area contributed by atoms with E-state index >= 15 is 0 Å². The van der Waals surface area contributed by atoms with E-state index in [-0.39, 0.29) is 17.7 Å². The largest absolute Gasteiger partial charge is 0.491 e. The Morgan fingerprint density at radius 3 is 2.48 bits per heavy atom. The van der Waals surface area contributed by atoms with Crippen LogP contribution in [0.2, 0.25) is 0 Å². The molecule has 150 valence electrons. The topological polar surface area (TPSA) is 83.8 Å². The van der Waals surface area contributed by atoms with Crippen LogP contribution in [-0.2, 0) is 0 Å². The summed E-state index contributed by atoms with van der Waals surface area (Å²) in [5.74, 6) is 0.665. The lowest BCUT2D eigenvalue weighted by molar-refractivity contribution is 0.0996. The van der Waals surface area contributed by atoms with Crippen molar-refractivity contribution in [1.82, 2.24) is 4.90 Å². The van der Waals surface area contributed by atoms with Gasteiger partial charge in [-0.1, -0.05) is 24.3 Å². The maximum Gasteiger partial charge on any atom is 0.321 e. The van der Waals surface area contributed by atoms with Crippen LogP contribution in [-0.4, -0.2) is 37.0 Å². The van der Waals surface area contributed by atoms with Crippen LogP contribution in [0.1, 0.15) is 16.1 Å². The third-order valence-electron chi connectivity index (χ3n) is 4.24. The van der Waals surface area contributed by atoms with E-state index in [1.807, 2.05) is 31.2 Å². The first-order chi connectivity index (χ1) is 14.0. The van der Waals surface area contributed by atoms with Gasteiger partial charge in [0.2, 0.25) is 0 Å². The summed E-state index contributed by atoms with van der Waals surface area (Å²) in [6.45, 7) is 2.78. The molecule has 0 aliphatic rings. The van der Waals surface area contributed by atoms with Crippen LogP contribution in [0.5, 0.6) is 5.75 Å². The average Bonchev–Trinajstić information content (AvgIpc) is 3.24. The zero-order valence-corrected chi connectivity index (χ0v) is 16.3. The Morgan fingerprint density at radius 1 is 1.00 bits per heavy atom. The number of benzene rings is 2. The number of urea groups is 1. The fourth-order valence-electron chi connectivity index (χ4n) is 2.61. The van der Waals surface area contributed by atoms with E-state index in [4.69, 9.17) is 9.15 Å². The summed E-state index contributed by atoms with van der Waals surface area (Å²) in [5, 5.41) is 5.53. The molecule has 1 aromatic heterocycles. The van der Waals surface area contributed by atoms with Crippen LogP contribution < -0.4 is 15.4 Å². The van der Waals surface area contributed by atoms with Crippen molar-refractivity contribution in [3.8, 4) is 5.75 Å². The summed E-state index contributed by atoms with van der Waals surface area (Å²) in [5.41, 5.74) is 2.17. The number of hydrogen-bond acceptors (Lipinski definition) is 4. The molecule has 0 bridgehead atoms. The average molecular weight is 393 g/mol. The first-order valence-electron chi connectivity index (χ1n) is 9.18. The van der Waals surface area contributed by atoms with Gasteiger partial charge in [-0.15, -0.1) is 0 Å². The van der Waals surface area contributed by atoms with E-state index in [0.717, 1.165) is 11.3 Å². The number of nitrogens with zero attached hydrogens (tertiary/aromatic N) is 1. The molecule has 2 aromatic carbocycles. The summed E-state index contributed by atoms with van der Waals surface area (Å²) >= 11 is 0. The normalized spacial score (nSPS) is 10.3. The van der Waals surface area contributed by atoms with Crippen LogP contribution in [0, 0.1) is 6.92 Å². The van der Waals surface area contributed by atoms with Crippen LogP contribution >= 0.6 is 0 Å². The number of aryl methyl sites for hydroxylation is 1. The zero-order valence-electron chi connectivity index (χ0n) is 16.3. The maximum atomic E-state index is 12.4. The lowest BCUT2D eigenvalue weighted by atomic mass is 10.2. The summed E-state index contributed by atoms with van der Waals surface area (Å²) < 4.78 is 10.8. The van der Waals surface area contributed by atoms with Gasteiger partial charge in [0.1, 0.15) is 12.4 Å². The molecule has 1 heterocycles. The third-order valence-corrected chi connectivity index (χ3v) is 4.24. The lowest BCUT2D eigenvalue weighted by Gasteiger charge is -2.19. The Hall–Kier alpha value is -3.74. The molecule has 0 unspecified atom stereocenters. The van der Waals surface area contributed by atoms with Gasteiger partial charge in [0, 0.05) is 18.4 Å². The Balaban J connectivity index is 1.50. The first-order valence-corrected chi connectivity index (χ1v) is 9.18. The van der Waals surface area contributed by atoms with Crippen molar-refractivity contribution >= 4 is 23.3 Å². The number of ether oxygens (including phenoxy) is 1. The standard InChI is InChI=1S/C22H23N3O4/c1-16-7-3-4-10-19(16)29-14-12-25(2)22(27)24-18-9-5-8-17(15-18)23-21(26)20-11-6-13-28-20/h3-11,13,15H,12,14H2,1-2H3,(H,23,26)(H,24,27). The minimum absolute atomic E-state index is 0.216. The fraction of sp³-hybridized carbons (Fsp3) is 0.182.